The number of aromatic amines is 1. The maximum Gasteiger partial charge on any atom is 0.330 e. The lowest BCUT2D eigenvalue weighted by molar-refractivity contribution is -0.165. The van der Waals surface area contributed by atoms with Gasteiger partial charge in [0.1, 0.15) is 25.2 Å². The molecule has 2 rings (SSSR count). The predicted octanol–water partition coefficient (Wildman–Crippen LogP) is 2.99. The summed E-state index contributed by atoms with van der Waals surface area (Å²) in [4.78, 5) is 29.7. The Morgan fingerprint density at radius 2 is 1.95 bits per heavy atom. The monoisotopic (exact) mass is 564 g/mol. The van der Waals surface area contributed by atoms with Gasteiger partial charge in [-0.05, 0) is 34.6 Å². The standard InChI is InChI=1S/C22H38N4O9P2/c1-9-33-37(8,29)14-31-21-19(35-36(32-13-11-23-6)26(15(2)3)16(4)5)18(30-7)20(34-21)25-12-10-17(27)24-22(25)28/h10,12,15-16,18-21H,9,11,13-14H2,1-5,7-8H3,(H,24,27,28)/t18-,19?,20+,21-,36?,37?/m0/s1. The second-order valence-corrected chi connectivity index (χ2v) is 12.9. The van der Waals surface area contributed by atoms with E-state index in [2.05, 4.69) is 9.83 Å². The molecular weight excluding hydrogens is 526 g/mol. The van der Waals surface area contributed by atoms with E-state index in [1.165, 1.54) is 30.6 Å². The lowest BCUT2D eigenvalue weighted by Gasteiger charge is -2.37. The third kappa shape index (κ3) is 8.79. The molecular formula is C22H38N4O9P2. The van der Waals surface area contributed by atoms with Crippen LogP contribution in [0.3, 0.4) is 0 Å². The molecule has 0 radical (unpaired) electrons. The number of methoxy groups -OCH3 is 1. The molecule has 1 fully saturated rings. The van der Waals surface area contributed by atoms with Crippen LogP contribution in [0.25, 0.3) is 4.85 Å². The van der Waals surface area contributed by atoms with Crippen molar-refractivity contribution in [3.8, 4) is 0 Å². The lowest BCUT2D eigenvalue weighted by Crippen LogP contribution is -2.41. The molecule has 1 aliphatic rings. The molecule has 0 bridgehead atoms. The lowest BCUT2D eigenvalue weighted by atomic mass is 10.2. The summed E-state index contributed by atoms with van der Waals surface area (Å²) in [6.45, 7) is 18.8. The van der Waals surface area contributed by atoms with Gasteiger partial charge in [-0.3, -0.25) is 18.9 Å². The van der Waals surface area contributed by atoms with Crippen LogP contribution in [0.4, 0.5) is 0 Å². The molecule has 0 amide bonds. The molecule has 210 valence electrons. The van der Waals surface area contributed by atoms with Crippen molar-refractivity contribution in [2.45, 2.75) is 71.4 Å². The summed E-state index contributed by atoms with van der Waals surface area (Å²) in [5.41, 5.74) is -1.25. The molecule has 1 aliphatic heterocycles. The third-order valence-electron chi connectivity index (χ3n) is 5.28. The van der Waals surface area contributed by atoms with E-state index in [1.54, 1.807) is 6.92 Å². The van der Waals surface area contributed by atoms with Crippen LogP contribution in [0.15, 0.2) is 21.9 Å². The molecule has 2 heterocycles. The minimum Gasteiger partial charge on any atom is -0.374 e. The van der Waals surface area contributed by atoms with Gasteiger partial charge in [0.15, 0.2) is 12.5 Å². The molecule has 0 spiro atoms. The van der Waals surface area contributed by atoms with Gasteiger partial charge in [-0.25, -0.2) is 16.0 Å². The van der Waals surface area contributed by atoms with Crippen molar-refractivity contribution in [2.75, 3.05) is 39.9 Å². The molecule has 15 heteroatoms. The molecule has 13 nitrogen and oxygen atoms in total. The average molecular weight is 565 g/mol. The maximum absolute atomic E-state index is 12.7. The first-order chi connectivity index (χ1) is 17.4. The molecule has 1 saturated heterocycles. The van der Waals surface area contributed by atoms with Crippen molar-refractivity contribution in [2.24, 2.45) is 0 Å². The van der Waals surface area contributed by atoms with Crippen LogP contribution in [-0.2, 0) is 32.3 Å². The van der Waals surface area contributed by atoms with Gasteiger partial charge in [0, 0.05) is 38.1 Å². The fourth-order valence-electron chi connectivity index (χ4n) is 3.87. The first-order valence-corrected chi connectivity index (χ1v) is 15.4. The maximum atomic E-state index is 12.7. The SMILES string of the molecule is [C-]#[N+]CCOP(OC1[C@@H](OCP(C)(=O)OCC)O[C@@H](n2ccc(=O)[nH]c2=O)[C@H]1OC)N(C(C)C)C(C)C. The summed E-state index contributed by atoms with van der Waals surface area (Å²) in [5, 5.41) is 0. The molecule has 6 atom stereocenters. The van der Waals surface area contributed by atoms with E-state index >= 15 is 0 Å². The number of aromatic nitrogens is 2. The van der Waals surface area contributed by atoms with Crippen LogP contribution in [-0.4, -0.2) is 84.7 Å². The Hall–Kier alpha value is -1.45. The summed E-state index contributed by atoms with van der Waals surface area (Å²) >= 11 is 0. The second-order valence-electron chi connectivity index (χ2n) is 8.93. The van der Waals surface area contributed by atoms with E-state index in [9.17, 15) is 14.2 Å². The number of H-pyrrole nitrogens is 1. The Labute approximate surface area is 218 Å². The van der Waals surface area contributed by atoms with Crippen molar-refractivity contribution in [1.29, 1.82) is 0 Å². The molecule has 0 aliphatic carbocycles. The topological polar surface area (TPSA) is 135 Å². The summed E-state index contributed by atoms with van der Waals surface area (Å²) in [7, 11) is -3.39. The van der Waals surface area contributed by atoms with Gasteiger partial charge < -0.3 is 32.6 Å². The summed E-state index contributed by atoms with van der Waals surface area (Å²) < 4.78 is 51.4. The predicted molar refractivity (Wildman–Crippen MR) is 138 cm³/mol. The third-order valence-corrected chi connectivity index (χ3v) is 8.83. The van der Waals surface area contributed by atoms with E-state index in [0.29, 0.717) is 0 Å². The van der Waals surface area contributed by atoms with Crippen molar-refractivity contribution < 1.29 is 32.3 Å². The molecule has 0 saturated carbocycles. The van der Waals surface area contributed by atoms with Gasteiger partial charge in [-0.15, -0.1) is 0 Å². The summed E-state index contributed by atoms with van der Waals surface area (Å²) in [6.07, 6.45) is -2.89. The van der Waals surface area contributed by atoms with Gasteiger partial charge in [-0.2, -0.15) is 0 Å². The highest BCUT2D eigenvalue weighted by Gasteiger charge is 2.51. The Kier molecular flexibility index (Phi) is 12.6. The largest absolute Gasteiger partial charge is 0.374 e. The Balaban J connectivity index is 2.46. The van der Waals surface area contributed by atoms with E-state index in [4.69, 9.17) is 34.4 Å². The van der Waals surface area contributed by atoms with E-state index in [0.717, 1.165) is 0 Å². The van der Waals surface area contributed by atoms with Crippen LogP contribution in [0.2, 0.25) is 0 Å². The Morgan fingerprint density at radius 3 is 2.49 bits per heavy atom. The van der Waals surface area contributed by atoms with Crippen molar-refractivity contribution in [1.82, 2.24) is 14.2 Å². The number of nitrogens with zero attached hydrogens (tertiary/aromatic N) is 3. The molecule has 1 N–H and O–H groups in total. The van der Waals surface area contributed by atoms with E-state index in [-0.39, 0.29) is 38.2 Å². The van der Waals surface area contributed by atoms with Crippen molar-refractivity contribution in [3.05, 3.63) is 44.5 Å². The number of nitrogens with one attached hydrogen (secondary N) is 1. The zero-order chi connectivity index (χ0) is 27.8. The van der Waals surface area contributed by atoms with Gasteiger partial charge in [0.2, 0.25) is 13.9 Å². The fraction of sp³-hybridized carbons (Fsp3) is 0.773. The van der Waals surface area contributed by atoms with E-state index in [1.807, 2.05) is 32.4 Å². The highest BCUT2D eigenvalue weighted by atomic mass is 31.2. The number of rotatable bonds is 15. The van der Waals surface area contributed by atoms with Gasteiger partial charge in [-0.1, -0.05) is 0 Å². The molecule has 37 heavy (non-hydrogen) atoms. The zero-order valence-corrected chi connectivity index (χ0v) is 24.1. The average Bonchev–Trinajstić information content (AvgIpc) is 3.14. The second kappa shape index (κ2) is 14.6. The first kappa shape index (κ1) is 31.8. The van der Waals surface area contributed by atoms with Gasteiger partial charge in [0.05, 0.1) is 6.61 Å². The van der Waals surface area contributed by atoms with Crippen LogP contribution >= 0.6 is 15.9 Å². The number of ether oxygens (including phenoxy) is 3. The van der Waals surface area contributed by atoms with Crippen molar-refractivity contribution >= 4 is 15.9 Å². The smallest absolute Gasteiger partial charge is 0.330 e. The van der Waals surface area contributed by atoms with Crippen LogP contribution in [0, 0.1) is 6.57 Å². The highest BCUT2D eigenvalue weighted by molar-refractivity contribution is 7.57. The van der Waals surface area contributed by atoms with E-state index < -0.39 is 51.9 Å². The molecule has 0 aromatic carbocycles. The van der Waals surface area contributed by atoms with Gasteiger partial charge in [0.25, 0.3) is 14.1 Å². The summed E-state index contributed by atoms with van der Waals surface area (Å²) in [6, 6.07) is 1.26. The molecule has 3 unspecified atom stereocenters. The van der Waals surface area contributed by atoms with Crippen LogP contribution in [0.1, 0.15) is 40.8 Å². The van der Waals surface area contributed by atoms with Crippen LogP contribution < -0.4 is 11.2 Å². The van der Waals surface area contributed by atoms with Gasteiger partial charge >= 0.3 is 5.69 Å². The zero-order valence-electron chi connectivity index (χ0n) is 22.4. The fourth-order valence-corrected chi connectivity index (χ4v) is 6.63. The Morgan fingerprint density at radius 1 is 1.27 bits per heavy atom. The normalized spacial score (nSPS) is 24.5. The minimum atomic E-state index is -3.10. The Bertz CT molecular complexity index is 1050. The molecule has 1 aromatic heterocycles. The van der Waals surface area contributed by atoms with Crippen LogP contribution in [0.5, 0.6) is 0 Å². The number of hydrogen-bond donors (Lipinski definition) is 1. The first-order valence-electron chi connectivity index (χ1n) is 12.0. The highest BCUT2D eigenvalue weighted by Crippen LogP contribution is 2.51. The minimum absolute atomic E-state index is 0.0353. The number of hydrogen-bond acceptors (Lipinski definition) is 10. The quantitative estimate of drug-likeness (QED) is 0.192. The van der Waals surface area contributed by atoms with Crippen molar-refractivity contribution in [3.63, 3.8) is 0 Å². The summed E-state index contributed by atoms with van der Waals surface area (Å²) in [5.74, 6) is 0. The molecule has 1 aromatic rings.